The zero-order chi connectivity index (χ0) is 11.3. The molecular formula is C12H18ClNO. The number of aryl methyl sites for hydroxylation is 1. The molecule has 1 unspecified atom stereocenters. The number of hydrogen-bond acceptors (Lipinski definition) is 2. The highest BCUT2D eigenvalue weighted by Crippen LogP contribution is 2.23. The fraction of sp³-hybridized carbons (Fsp3) is 0.500. The summed E-state index contributed by atoms with van der Waals surface area (Å²) >= 11 is 6.09. The third kappa shape index (κ3) is 3.49. The van der Waals surface area contributed by atoms with E-state index in [1.807, 2.05) is 20.0 Å². The molecule has 0 saturated heterocycles. The molecule has 1 atom stereocenters. The van der Waals surface area contributed by atoms with E-state index >= 15 is 0 Å². The Balaban J connectivity index is 2.78. The minimum Gasteiger partial charge on any atom is -0.385 e. The molecule has 0 aromatic heterocycles. The van der Waals surface area contributed by atoms with Crippen LogP contribution in [0.3, 0.4) is 0 Å². The molecule has 0 bridgehead atoms. The Labute approximate surface area is 96.6 Å². The zero-order valence-electron chi connectivity index (χ0n) is 9.51. The summed E-state index contributed by atoms with van der Waals surface area (Å²) in [6.07, 6.45) is 0.951. The van der Waals surface area contributed by atoms with Crippen molar-refractivity contribution < 1.29 is 4.74 Å². The Kier molecular flexibility index (Phi) is 5.09. The molecule has 1 rings (SSSR count). The molecule has 0 fully saturated rings. The highest BCUT2D eigenvalue weighted by molar-refractivity contribution is 6.31. The lowest BCUT2D eigenvalue weighted by Gasteiger charge is -2.16. The molecule has 0 radical (unpaired) electrons. The first kappa shape index (κ1) is 12.5. The highest BCUT2D eigenvalue weighted by atomic mass is 35.5. The molecule has 2 nitrogen and oxygen atoms in total. The molecule has 1 aromatic rings. The van der Waals surface area contributed by atoms with Crippen molar-refractivity contribution in [2.75, 3.05) is 20.8 Å². The van der Waals surface area contributed by atoms with Crippen molar-refractivity contribution in [1.29, 1.82) is 0 Å². The van der Waals surface area contributed by atoms with E-state index in [1.165, 1.54) is 5.56 Å². The Morgan fingerprint density at radius 1 is 1.47 bits per heavy atom. The van der Waals surface area contributed by atoms with E-state index in [0.29, 0.717) is 6.04 Å². The number of rotatable bonds is 5. The van der Waals surface area contributed by atoms with Crippen LogP contribution in [0.5, 0.6) is 0 Å². The Hall–Kier alpha value is -0.570. The summed E-state index contributed by atoms with van der Waals surface area (Å²) in [7, 11) is 3.67. The van der Waals surface area contributed by atoms with Crippen LogP contribution in [0, 0.1) is 6.92 Å². The SMILES string of the molecule is CNC(CCOC)c1ccc(C)c(Cl)c1. The van der Waals surface area contributed by atoms with Gasteiger partial charge in [-0.05, 0) is 37.6 Å². The second kappa shape index (κ2) is 6.11. The van der Waals surface area contributed by atoms with Crippen molar-refractivity contribution in [2.45, 2.75) is 19.4 Å². The summed E-state index contributed by atoms with van der Waals surface area (Å²) in [6, 6.07) is 6.49. The van der Waals surface area contributed by atoms with Crippen molar-refractivity contribution in [3.05, 3.63) is 34.3 Å². The molecule has 0 aliphatic heterocycles. The van der Waals surface area contributed by atoms with Crippen LogP contribution < -0.4 is 5.32 Å². The van der Waals surface area contributed by atoms with E-state index in [4.69, 9.17) is 16.3 Å². The number of nitrogens with one attached hydrogen (secondary N) is 1. The van der Waals surface area contributed by atoms with E-state index in [1.54, 1.807) is 7.11 Å². The van der Waals surface area contributed by atoms with Crippen LogP contribution in [0.2, 0.25) is 5.02 Å². The number of ether oxygens (including phenoxy) is 1. The number of benzene rings is 1. The van der Waals surface area contributed by atoms with Gasteiger partial charge in [0.1, 0.15) is 0 Å². The van der Waals surface area contributed by atoms with Crippen molar-refractivity contribution in [2.24, 2.45) is 0 Å². The van der Waals surface area contributed by atoms with Gasteiger partial charge in [-0.1, -0.05) is 23.7 Å². The van der Waals surface area contributed by atoms with Crippen molar-refractivity contribution in [3.63, 3.8) is 0 Å². The first-order valence-corrected chi connectivity index (χ1v) is 5.49. The lowest BCUT2D eigenvalue weighted by molar-refractivity contribution is 0.184. The molecule has 84 valence electrons. The fourth-order valence-electron chi connectivity index (χ4n) is 1.54. The minimum absolute atomic E-state index is 0.308. The first-order chi connectivity index (χ1) is 7.19. The van der Waals surface area contributed by atoms with Gasteiger partial charge in [0.15, 0.2) is 0 Å². The summed E-state index contributed by atoms with van der Waals surface area (Å²) in [6.45, 7) is 2.76. The minimum atomic E-state index is 0.308. The Morgan fingerprint density at radius 2 is 2.20 bits per heavy atom. The lowest BCUT2D eigenvalue weighted by atomic mass is 10.0. The average Bonchev–Trinajstić information content (AvgIpc) is 2.24. The maximum absolute atomic E-state index is 6.09. The quantitative estimate of drug-likeness (QED) is 0.835. The van der Waals surface area contributed by atoms with E-state index in [-0.39, 0.29) is 0 Å². The molecule has 0 aliphatic rings. The van der Waals surface area contributed by atoms with Gasteiger partial charge in [0.25, 0.3) is 0 Å². The van der Waals surface area contributed by atoms with E-state index in [0.717, 1.165) is 23.6 Å². The van der Waals surface area contributed by atoms with Crippen LogP contribution in [-0.4, -0.2) is 20.8 Å². The Morgan fingerprint density at radius 3 is 2.73 bits per heavy atom. The molecule has 0 saturated carbocycles. The van der Waals surface area contributed by atoms with Crippen LogP contribution in [-0.2, 0) is 4.74 Å². The van der Waals surface area contributed by atoms with E-state index < -0.39 is 0 Å². The van der Waals surface area contributed by atoms with Crippen LogP contribution in [0.4, 0.5) is 0 Å². The van der Waals surface area contributed by atoms with E-state index in [2.05, 4.69) is 17.4 Å². The lowest BCUT2D eigenvalue weighted by Crippen LogP contribution is -2.18. The predicted molar refractivity (Wildman–Crippen MR) is 64.5 cm³/mol. The first-order valence-electron chi connectivity index (χ1n) is 5.11. The Bertz CT molecular complexity index is 314. The van der Waals surface area contributed by atoms with Crippen molar-refractivity contribution >= 4 is 11.6 Å². The summed E-state index contributed by atoms with van der Waals surface area (Å²) in [5.74, 6) is 0. The molecule has 1 aromatic carbocycles. The number of methoxy groups -OCH3 is 1. The van der Waals surface area contributed by atoms with Gasteiger partial charge in [0.2, 0.25) is 0 Å². The molecule has 3 heteroatoms. The summed E-state index contributed by atoms with van der Waals surface area (Å²) in [5.41, 5.74) is 2.33. The zero-order valence-corrected chi connectivity index (χ0v) is 10.3. The van der Waals surface area contributed by atoms with Crippen LogP contribution in [0.25, 0.3) is 0 Å². The standard InChI is InChI=1S/C12H18ClNO/c1-9-4-5-10(8-11(9)13)12(14-2)6-7-15-3/h4-5,8,12,14H,6-7H2,1-3H3. The van der Waals surface area contributed by atoms with Crippen LogP contribution in [0.15, 0.2) is 18.2 Å². The monoisotopic (exact) mass is 227 g/mol. The largest absolute Gasteiger partial charge is 0.385 e. The summed E-state index contributed by atoms with van der Waals surface area (Å²) < 4.78 is 5.08. The second-order valence-corrected chi connectivity index (χ2v) is 4.04. The highest BCUT2D eigenvalue weighted by Gasteiger charge is 2.09. The van der Waals surface area contributed by atoms with Gasteiger partial charge in [-0.25, -0.2) is 0 Å². The second-order valence-electron chi connectivity index (χ2n) is 3.63. The molecule has 1 N–H and O–H groups in total. The smallest absolute Gasteiger partial charge is 0.0480 e. The summed E-state index contributed by atoms with van der Waals surface area (Å²) in [4.78, 5) is 0. The van der Waals surface area contributed by atoms with Gasteiger partial charge in [-0.15, -0.1) is 0 Å². The molecule has 0 spiro atoms. The third-order valence-electron chi connectivity index (χ3n) is 2.56. The predicted octanol–water partition coefficient (Wildman–Crippen LogP) is 2.95. The molecule has 0 amide bonds. The van der Waals surface area contributed by atoms with Crippen LogP contribution >= 0.6 is 11.6 Å². The van der Waals surface area contributed by atoms with E-state index in [9.17, 15) is 0 Å². The van der Waals surface area contributed by atoms with Gasteiger partial charge in [0.05, 0.1) is 0 Å². The van der Waals surface area contributed by atoms with Gasteiger partial charge in [0, 0.05) is 24.8 Å². The molecular weight excluding hydrogens is 210 g/mol. The normalized spacial score (nSPS) is 12.8. The summed E-state index contributed by atoms with van der Waals surface area (Å²) in [5, 5.41) is 4.09. The van der Waals surface area contributed by atoms with Gasteiger partial charge in [-0.3, -0.25) is 0 Å². The maximum atomic E-state index is 6.09. The number of hydrogen-bond donors (Lipinski definition) is 1. The third-order valence-corrected chi connectivity index (χ3v) is 2.96. The topological polar surface area (TPSA) is 21.3 Å². The average molecular weight is 228 g/mol. The van der Waals surface area contributed by atoms with Gasteiger partial charge >= 0.3 is 0 Å². The molecule has 15 heavy (non-hydrogen) atoms. The molecule has 0 aliphatic carbocycles. The van der Waals surface area contributed by atoms with Crippen molar-refractivity contribution in [3.8, 4) is 0 Å². The van der Waals surface area contributed by atoms with Crippen LogP contribution in [0.1, 0.15) is 23.6 Å². The van der Waals surface area contributed by atoms with Crippen molar-refractivity contribution in [1.82, 2.24) is 5.32 Å². The fourth-order valence-corrected chi connectivity index (χ4v) is 1.73. The molecule has 0 heterocycles. The maximum Gasteiger partial charge on any atom is 0.0480 e. The number of halogens is 1. The van der Waals surface area contributed by atoms with Gasteiger partial charge < -0.3 is 10.1 Å². The van der Waals surface area contributed by atoms with Gasteiger partial charge in [-0.2, -0.15) is 0 Å².